The zero-order valence-electron chi connectivity index (χ0n) is 17.3. The zero-order chi connectivity index (χ0) is 22.7. The van der Waals surface area contributed by atoms with E-state index in [9.17, 15) is 14.7 Å². The Balaban J connectivity index is 1.82. The zero-order valence-corrected chi connectivity index (χ0v) is 20.3. The molecule has 0 radical (unpaired) electrons. The first-order valence-corrected chi connectivity index (χ1v) is 12.2. The number of thiazole rings is 1. The van der Waals surface area contributed by atoms with E-state index in [4.69, 9.17) is 4.74 Å². The van der Waals surface area contributed by atoms with Crippen LogP contribution in [0.25, 0.3) is 5.76 Å². The topological polar surface area (TPSA) is 79.7 Å². The maximum Gasteiger partial charge on any atom is 0.301 e. The van der Waals surface area contributed by atoms with E-state index < -0.39 is 17.7 Å². The highest BCUT2D eigenvalue weighted by atomic mass is 127. The van der Waals surface area contributed by atoms with Crippen molar-refractivity contribution in [3.8, 4) is 5.75 Å². The van der Waals surface area contributed by atoms with Crippen LogP contribution in [0.2, 0.25) is 0 Å². The summed E-state index contributed by atoms with van der Waals surface area (Å²) < 4.78 is 6.77. The van der Waals surface area contributed by atoms with Crippen LogP contribution in [0.1, 0.15) is 36.9 Å². The summed E-state index contributed by atoms with van der Waals surface area (Å²) in [5.41, 5.74) is 1.18. The quantitative estimate of drug-likeness (QED) is 0.135. The summed E-state index contributed by atoms with van der Waals surface area (Å²) >= 11 is 3.46. The molecule has 1 atom stereocenters. The molecule has 2 heterocycles. The van der Waals surface area contributed by atoms with Gasteiger partial charge >= 0.3 is 5.91 Å². The molecule has 1 aromatic heterocycles. The molecule has 6 nitrogen and oxygen atoms in total. The lowest BCUT2D eigenvalue weighted by molar-refractivity contribution is -0.132. The third-order valence-corrected chi connectivity index (χ3v) is 6.62. The number of carbonyl (C=O) groups excluding carboxylic acids is 2. The number of rotatable bonds is 7. The van der Waals surface area contributed by atoms with Gasteiger partial charge in [-0.1, -0.05) is 37.6 Å². The van der Waals surface area contributed by atoms with Crippen LogP contribution in [-0.2, 0) is 9.59 Å². The molecule has 32 heavy (non-hydrogen) atoms. The Morgan fingerprint density at radius 3 is 2.69 bits per heavy atom. The number of ether oxygens (including phenoxy) is 1. The Labute approximate surface area is 203 Å². The van der Waals surface area contributed by atoms with Gasteiger partial charge in [0.25, 0.3) is 5.78 Å². The molecule has 0 spiro atoms. The normalized spacial score (nSPS) is 17.7. The van der Waals surface area contributed by atoms with Crippen LogP contribution in [0, 0.1) is 3.57 Å². The molecule has 1 fully saturated rings. The Morgan fingerprint density at radius 2 is 2.00 bits per heavy atom. The number of amides is 1. The molecule has 1 unspecified atom stereocenters. The number of hydrogen-bond donors (Lipinski definition) is 1. The van der Waals surface area contributed by atoms with Gasteiger partial charge in [0.05, 0.1) is 18.2 Å². The number of unbranched alkanes of at least 4 members (excludes halogenated alkanes) is 1. The third-order valence-electron chi connectivity index (χ3n) is 5.13. The van der Waals surface area contributed by atoms with Crippen molar-refractivity contribution >= 4 is 56.5 Å². The van der Waals surface area contributed by atoms with Crippen molar-refractivity contribution in [2.45, 2.75) is 25.8 Å². The van der Waals surface area contributed by atoms with Crippen molar-refractivity contribution < 1.29 is 19.4 Å². The molecular formula is C24H21IN2O4S. The largest absolute Gasteiger partial charge is 0.507 e. The number of hydrogen-bond acceptors (Lipinski definition) is 6. The highest BCUT2D eigenvalue weighted by Crippen LogP contribution is 2.43. The molecule has 164 valence electrons. The van der Waals surface area contributed by atoms with Gasteiger partial charge in [-0.15, -0.1) is 11.3 Å². The van der Waals surface area contributed by atoms with Crippen molar-refractivity contribution in [2.24, 2.45) is 0 Å². The predicted molar refractivity (Wildman–Crippen MR) is 133 cm³/mol. The number of aromatic nitrogens is 1. The highest BCUT2D eigenvalue weighted by Gasteiger charge is 2.47. The lowest BCUT2D eigenvalue weighted by Gasteiger charge is -2.23. The monoisotopic (exact) mass is 560 g/mol. The van der Waals surface area contributed by atoms with Gasteiger partial charge in [0.1, 0.15) is 11.5 Å². The second-order valence-electron chi connectivity index (χ2n) is 7.27. The van der Waals surface area contributed by atoms with Gasteiger partial charge in [-0.2, -0.15) is 0 Å². The van der Waals surface area contributed by atoms with Crippen molar-refractivity contribution in [3.05, 3.63) is 80.4 Å². The van der Waals surface area contributed by atoms with Crippen LogP contribution in [0.3, 0.4) is 0 Å². The van der Waals surface area contributed by atoms with Gasteiger partial charge in [0.2, 0.25) is 0 Å². The molecular weight excluding hydrogens is 539 g/mol. The molecule has 1 aliphatic rings. The van der Waals surface area contributed by atoms with Crippen molar-refractivity contribution in [1.82, 2.24) is 4.98 Å². The summed E-state index contributed by atoms with van der Waals surface area (Å²) in [6.07, 6.45) is 3.51. The number of halogens is 1. The second-order valence-corrected chi connectivity index (χ2v) is 9.38. The van der Waals surface area contributed by atoms with Gasteiger partial charge in [-0.05, 0) is 58.8 Å². The van der Waals surface area contributed by atoms with E-state index in [2.05, 4.69) is 34.5 Å². The Bertz CT molecular complexity index is 1160. The van der Waals surface area contributed by atoms with Crippen LogP contribution in [0.5, 0.6) is 5.75 Å². The van der Waals surface area contributed by atoms with E-state index >= 15 is 0 Å². The number of anilines is 1. The standard InChI is InChI=1S/C24H21IN2O4S/c1-2-3-12-31-18-6-4-5-16(14-18)21(28)19-20(15-7-9-17(25)10-8-15)27(23(30)22(19)29)24-26-11-13-32-24/h4-11,13-14,20,28H,2-3,12H2,1H3/b21-19+. The summed E-state index contributed by atoms with van der Waals surface area (Å²) in [5.74, 6) is -1.08. The number of Topliss-reactive ketones (excluding diaryl/α,β-unsaturated/α-hetero) is 1. The Hall–Kier alpha value is -2.72. The smallest absolute Gasteiger partial charge is 0.301 e. The molecule has 1 saturated heterocycles. The molecule has 0 bridgehead atoms. The number of aliphatic hydroxyl groups is 1. The molecule has 0 aliphatic carbocycles. The molecule has 1 aliphatic heterocycles. The van der Waals surface area contributed by atoms with Gasteiger partial charge in [0.15, 0.2) is 5.13 Å². The average Bonchev–Trinajstić information content (AvgIpc) is 3.41. The fourth-order valence-electron chi connectivity index (χ4n) is 3.55. The first kappa shape index (κ1) is 22.5. The van der Waals surface area contributed by atoms with Gasteiger partial charge in [-0.3, -0.25) is 14.5 Å². The Morgan fingerprint density at radius 1 is 1.22 bits per heavy atom. The van der Waals surface area contributed by atoms with E-state index in [1.54, 1.807) is 35.8 Å². The molecule has 3 aromatic rings. The fraction of sp³-hybridized carbons (Fsp3) is 0.208. The van der Waals surface area contributed by atoms with Crippen LogP contribution in [0.15, 0.2) is 65.7 Å². The number of carbonyl (C=O) groups is 2. The van der Waals surface area contributed by atoms with E-state index in [1.165, 1.54) is 16.2 Å². The summed E-state index contributed by atoms with van der Waals surface area (Å²) in [6.45, 7) is 2.65. The molecule has 2 aromatic carbocycles. The minimum absolute atomic E-state index is 0.0390. The average molecular weight is 560 g/mol. The summed E-state index contributed by atoms with van der Waals surface area (Å²) in [7, 11) is 0. The number of nitrogens with zero attached hydrogens (tertiary/aromatic N) is 2. The van der Waals surface area contributed by atoms with E-state index in [-0.39, 0.29) is 11.3 Å². The predicted octanol–water partition coefficient (Wildman–Crippen LogP) is 5.55. The molecule has 1 N–H and O–H groups in total. The minimum atomic E-state index is -0.775. The first-order chi connectivity index (χ1) is 15.5. The maximum absolute atomic E-state index is 13.1. The second kappa shape index (κ2) is 9.83. The van der Waals surface area contributed by atoms with Gasteiger partial charge < -0.3 is 9.84 Å². The molecule has 8 heteroatoms. The Kier molecular flexibility index (Phi) is 6.90. The number of benzene rings is 2. The van der Waals surface area contributed by atoms with Crippen LogP contribution < -0.4 is 9.64 Å². The van der Waals surface area contributed by atoms with Crippen molar-refractivity contribution in [3.63, 3.8) is 0 Å². The fourth-order valence-corrected chi connectivity index (χ4v) is 4.57. The highest BCUT2D eigenvalue weighted by molar-refractivity contribution is 14.1. The SMILES string of the molecule is CCCCOc1cccc(/C(O)=C2\C(=O)C(=O)N(c3nccs3)C2c2ccc(I)cc2)c1. The minimum Gasteiger partial charge on any atom is -0.507 e. The van der Waals surface area contributed by atoms with Crippen LogP contribution >= 0.6 is 33.9 Å². The van der Waals surface area contributed by atoms with E-state index in [0.717, 1.165) is 22.0 Å². The number of aliphatic hydroxyl groups excluding tert-OH is 1. The molecule has 0 saturated carbocycles. The summed E-state index contributed by atoms with van der Waals surface area (Å²) in [4.78, 5) is 31.7. The third kappa shape index (κ3) is 4.42. The van der Waals surface area contributed by atoms with E-state index in [1.807, 2.05) is 24.3 Å². The number of ketones is 1. The van der Waals surface area contributed by atoms with Crippen molar-refractivity contribution in [2.75, 3.05) is 11.5 Å². The summed E-state index contributed by atoms with van der Waals surface area (Å²) in [6, 6.07) is 13.7. The van der Waals surface area contributed by atoms with Gasteiger partial charge in [0, 0.05) is 20.7 Å². The molecule has 4 rings (SSSR count). The van der Waals surface area contributed by atoms with Crippen LogP contribution in [0.4, 0.5) is 5.13 Å². The lowest BCUT2D eigenvalue weighted by atomic mass is 9.95. The first-order valence-electron chi connectivity index (χ1n) is 10.2. The van der Waals surface area contributed by atoms with Crippen LogP contribution in [-0.4, -0.2) is 28.4 Å². The maximum atomic E-state index is 13.1. The summed E-state index contributed by atoms with van der Waals surface area (Å²) in [5, 5.41) is 13.4. The van der Waals surface area contributed by atoms with Crippen molar-refractivity contribution in [1.29, 1.82) is 0 Å². The lowest BCUT2D eigenvalue weighted by Crippen LogP contribution is -2.29. The molecule has 1 amide bonds. The van der Waals surface area contributed by atoms with Gasteiger partial charge in [-0.25, -0.2) is 4.98 Å². The van der Waals surface area contributed by atoms with E-state index in [0.29, 0.717) is 23.1 Å².